The van der Waals surface area contributed by atoms with Gasteiger partial charge < -0.3 is 5.32 Å². The molecular formula is C19H26FN3O5S2. The fourth-order valence-electron chi connectivity index (χ4n) is 4.56. The molecule has 30 heavy (non-hydrogen) atoms. The summed E-state index contributed by atoms with van der Waals surface area (Å²) in [5.74, 6) is -1.66. The van der Waals surface area contributed by atoms with E-state index in [1.54, 1.807) is 0 Å². The van der Waals surface area contributed by atoms with E-state index in [1.165, 1.54) is 10.4 Å². The molecule has 2 atom stereocenters. The standard InChI is InChI=1S/C19H26FN3O5S2/c20-15-6-5-14(11-18(15)30(27,28)23-9-3-4-10-23)19(24)21-16-12-29(25,26)13-17(16)22-7-1-2-8-22/h5-6,11,16-17H,1-4,7-10,12-13H2,(H,21,24). The topological polar surface area (TPSA) is 104 Å². The summed E-state index contributed by atoms with van der Waals surface area (Å²) in [6.07, 6.45) is 3.42. The van der Waals surface area contributed by atoms with Gasteiger partial charge in [0.05, 0.1) is 17.5 Å². The summed E-state index contributed by atoms with van der Waals surface area (Å²) < 4.78 is 65.4. The molecule has 0 spiro atoms. The maximum atomic E-state index is 14.3. The Morgan fingerprint density at radius 3 is 2.33 bits per heavy atom. The predicted molar refractivity (Wildman–Crippen MR) is 109 cm³/mol. The molecule has 8 nitrogen and oxygen atoms in total. The van der Waals surface area contributed by atoms with Gasteiger partial charge in [-0.25, -0.2) is 21.2 Å². The first kappa shape index (κ1) is 21.7. The number of halogens is 1. The average Bonchev–Trinajstić information content (AvgIpc) is 3.43. The average molecular weight is 460 g/mol. The van der Waals surface area contributed by atoms with E-state index in [9.17, 15) is 26.0 Å². The molecule has 3 heterocycles. The minimum absolute atomic E-state index is 0.00126. The molecule has 1 N–H and O–H groups in total. The maximum absolute atomic E-state index is 14.3. The second-order valence-corrected chi connectivity index (χ2v) is 12.3. The first-order chi connectivity index (χ1) is 14.2. The summed E-state index contributed by atoms with van der Waals surface area (Å²) >= 11 is 0. The Morgan fingerprint density at radius 2 is 1.67 bits per heavy atom. The largest absolute Gasteiger partial charge is 0.347 e. The van der Waals surface area contributed by atoms with Gasteiger partial charge in [0, 0.05) is 24.7 Å². The van der Waals surface area contributed by atoms with Crippen molar-refractivity contribution in [3.8, 4) is 0 Å². The van der Waals surface area contributed by atoms with Crippen molar-refractivity contribution in [1.29, 1.82) is 0 Å². The molecule has 1 aromatic rings. The lowest BCUT2D eigenvalue weighted by Crippen LogP contribution is -2.50. The second-order valence-electron chi connectivity index (χ2n) is 8.22. The molecule has 0 radical (unpaired) electrons. The number of likely N-dealkylation sites (tertiary alicyclic amines) is 1. The van der Waals surface area contributed by atoms with Gasteiger partial charge in [0.15, 0.2) is 9.84 Å². The van der Waals surface area contributed by atoms with Crippen LogP contribution in [0.5, 0.6) is 0 Å². The zero-order valence-corrected chi connectivity index (χ0v) is 18.2. The van der Waals surface area contributed by atoms with Crippen LogP contribution >= 0.6 is 0 Å². The van der Waals surface area contributed by atoms with Crippen molar-refractivity contribution in [2.75, 3.05) is 37.7 Å². The first-order valence-corrected chi connectivity index (χ1v) is 13.5. The van der Waals surface area contributed by atoms with E-state index < -0.39 is 42.5 Å². The highest BCUT2D eigenvalue weighted by atomic mass is 32.2. The number of rotatable bonds is 5. The van der Waals surface area contributed by atoms with Gasteiger partial charge in [-0.2, -0.15) is 4.31 Å². The number of amides is 1. The van der Waals surface area contributed by atoms with Gasteiger partial charge in [-0.3, -0.25) is 9.69 Å². The minimum Gasteiger partial charge on any atom is -0.347 e. The van der Waals surface area contributed by atoms with Crippen molar-refractivity contribution in [2.24, 2.45) is 0 Å². The SMILES string of the molecule is O=C(NC1CS(=O)(=O)CC1N1CCCC1)c1ccc(F)c(S(=O)(=O)N2CCCC2)c1. The molecule has 4 rings (SSSR count). The van der Waals surface area contributed by atoms with Crippen molar-refractivity contribution in [3.05, 3.63) is 29.6 Å². The molecule has 3 fully saturated rings. The summed E-state index contributed by atoms with van der Waals surface area (Å²) in [5, 5.41) is 2.75. The highest BCUT2D eigenvalue weighted by molar-refractivity contribution is 7.91. The van der Waals surface area contributed by atoms with Gasteiger partial charge in [-0.1, -0.05) is 0 Å². The molecule has 1 aromatic carbocycles. The highest BCUT2D eigenvalue weighted by Gasteiger charge is 2.42. The van der Waals surface area contributed by atoms with Crippen molar-refractivity contribution in [2.45, 2.75) is 42.7 Å². The number of hydrogen-bond acceptors (Lipinski definition) is 6. The highest BCUT2D eigenvalue weighted by Crippen LogP contribution is 2.26. The molecule has 0 aromatic heterocycles. The fourth-order valence-corrected chi connectivity index (χ4v) is 8.12. The van der Waals surface area contributed by atoms with E-state index in [1.807, 2.05) is 0 Å². The van der Waals surface area contributed by atoms with Gasteiger partial charge in [0.25, 0.3) is 5.91 Å². The van der Waals surface area contributed by atoms with E-state index in [2.05, 4.69) is 10.2 Å². The molecule has 3 aliphatic rings. The predicted octanol–water partition coefficient (Wildman–Crippen LogP) is 0.601. The van der Waals surface area contributed by atoms with E-state index in [0.717, 1.165) is 50.9 Å². The van der Waals surface area contributed by atoms with Crippen LogP contribution in [0.2, 0.25) is 0 Å². The molecular weight excluding hydrogens is 433 g/mol. The smallest absolute Gasteiger partial charge is 0.251 e. The Labute approximate surface area is 176 Å². The van der Waals surface area contributed by atoms with Crippen LogP contribution in [0.1, 0.15) is 36.0 Å². The van der Waals surface area contributed by atoms with Gasteiger partial charge in [0.2, 0.25) is 10.0 Å². The Kier molecular flexibility index (Phi) is 5.90. The van der Waals surface area contributed by atoms with Crippen molar-refractivity contribution >= 4 is 25.8 Å². The zero-order chi connectivity index (χ0) is 21.5. The van der Waals surface area contributed by atoms with Crippen LogP contribution in [0.3, 0.4) is 0 Å². The Morgan fingerprint density at radius 1 is 1.03 bits per heavy atom. The summed E-state index contributed by atoms with van der Waals surface area (Å²) in [6, 6.07) is 2.37. The second kappa shape index (κ2) is 8.18. The first-order valence-electron chi connectivity index (χ1n) is 10.2. The van der Waals surface area contributed by atoms with Crippen LogP contribution in [0.25, 0.3) is 0 Å². The molecule has 0 saturated carbocycles. The molecule has 11 heteroatoms. The number of nitrogens with one attached hydrogen (secondary N) is 1. The van der Waals surface area contributed by atoms with Crippen LogP contribution in [-0.2, 0) is 19.9 Å². The van der Waals surface area contributed by atoms with Gasteiger partial charge in [-0.15, -0.1) is 0 Å². The van der Waals surface area contributed by atoms with E-state index >= 15 is 0 Å². The summed E-state index contributed by atoms with van der Waals surface area (Å²) in [4.78, 5) is 14.4. The normalized spacial score (nSPS) is 27.5. The molecule has 3 saturated heterocycles. The van der Waals surface area contributed by atoms with E-state index in [4.69, 9.17) is 0 Å². The Bertz CT molecular complexity index is 1030. The van der Waals surface area contributed by atoms with Gasteiger partial charge >= 0.3 is 0 Å². The van der Waals surface area contributed by atoms with E-state index in [-0.39, 0.29) is 23.1 Å². The molecule has 3 aliphatic heterocycles. The third kappa shape index (κ3) is 4.25. The third-order valence-corrected chi connectivity index (χ3v) is 9.76. The van der Waals surface area contributed by atoms with Crippen LogP contribution in [0, 0.1) is 5.82 Å². The van der Waals surface area contributed by atoms with Crippen molar-refractivity contribution < 1.29 is 26.0 Å². The lowest BCUT2D eigenvalue weighted by molar-refractivity contribution is 0.0918. The van der Waals surface area contributed by atoms with E-state index in [0.29, 0.717) is 13.1 Å². The number of hydrogen-bond donors (Lipinski definition) is 1. The van der Waals surface area contributed by atoms with Crippen LogP contribution in [0.4, 0.5) is 4.39 Å². The number of benzene rings is 1. The Hall–Kier alpha value is -1.56. The lowest BCUT2D eigenvalue weighted by Gasteiger charge is -2.28. The fraction of sp³-hybridized carbons (Fsp3) is 0.632. The summed E-state index contributed by atoms with van der Waals surface area (Å²) in [6.45, 7) is 2.24. The van der Waals surface area contributed by atoms with Crippen molar-refractivity contribution in [1.82, 2.24) is 14.5 Å². The Balaban J connectivity index is 1.56. The van der Waals surface area contributed by atoms with Gasteiger partial charge in [-0.05, 0) is 57.0 Å². The number of nitrogens with zero attached hydrogens (tertiary/aromatic N) is 2. The molecule has 1 amide bonds. The minimum atomic E-state index is -4.02. The molecule has 2 unspecified atom stereocenters. The van der Waals surface area contributed by atoms with Crippen LogP contribution in [-0.4, -0.2) is 81.7 Å². The number of sulfone groups is 1. The quantitative estimate of drug-likeness (QED) is 0.692. The molecule has 166 valence electrons. The maximum Gasteiger partial charge on any atom is 0.251 e. The number of sulfonamides is 1. The number of carbonyl (C=O) groups excluding carboxylic acids is 1. The third-order valence-electron chi connectivity index (χ3n) is 6.13. The van der Waals surface area contributed by atoms with Crippen LogP contribution in [0.15, 0.2) is 23.1 Å². The zero-order valence-electron chi connectivity index (χ0n) is 16.6. The summed E-state index contributed by atoms with van der Waals surface area (Å²) in [7, 11) is -7.30. The monoisotopic (exact) mass is 459 g/mol. The van der Waals surface area contributed by atoms with Crippen molar-refractivity contribution in [3.63, 3.8) is 0 Å². The molecule has 0 bridgehead atoms. The van der Waals surface area contributed by atoms with Crippen LogP contribution < -0.4 is 5.32 Å². The van der Waals surface area contributed by atoms with Gasteiger partial charge in [0.1, 0.15) is 10.7 Å². The summed E-state index contributed by atoms with van der Waals surface area (Å²) in [5.41, 5.74) is -0.00126. The molecule has 0 aliphatic carbocycles. The lowest BCUT2D eigenvalue weighted by atomic mass is 10.1. The number of carbonyl (C=O) groups is 1.